The van der Waals surface area contributed by atoms with E-state index in [2.05, 4.69) is 10.4 Å². The van der Waals surface area contributed by atoms with Gasteiger partial charge in [-0.05, 0) is 44.6 Å². The lowest BCUT2D eigenvalue weighted by molar-refractivity contribution is 0.0222. The number of hydrogen-bond donors (Lipinski definition) is 2. The summed E-state index contributed by atoms with van der Waals surface area (Å²) in [4.78, 5) is 18.4. The maximum atomic E-state index is 12.1. The number of thiocarbonyl (C=S) groups is 1. The van der Waals surface area contributed by atoms with Crippen molar-refractivity contribution in [1.29, 1.82) is 0 Å². The van der Waals surface area contributed by atoms with Crippen molar-refractivity contribution in [3.63, 3.8) is 0 Å². The number of nitrogens with zero attached hydrogens (tertiary/aromatic N) is 2. The van der Waals surface area contributed by atoms with Gasteiger partial charge in [-0.15, -0.1) is 0 Å². The second-order valence-corrected chi connectivity index (χ2v) is 6.65. The number of nitrogens with one attached hydrogen (secondary N) is 1. The average molecular weight is 338 g/mol. The van der Waals surface area contributed by atoms with Crippen molar-refractivity contribution < 1.29 is 14.3 Å². The number of amides is 1. The number of aromatic nitrogens is 1. The first kappa shape index (κ1) is 17.4. The largest absolute Gasteiger partial charge is 0.464 e. The van der Waals surface area contributed by atoms with Crippen molar-refractivity contribution in [3.8, 4) is 0 Å². The molecule has 2 heterocycles. The molecule has 3 N–H and O–H groups in total. The summed E-state index contributed by atoms with van der Waals surface area (Å²) >= 11 is 4.82. The Balaban J connectivity index is 2.00. The van der Waals surface area contributed by atoms with Crippen molar-refractivity contribution in [3.05, 3.63) is 29.1 Å². The summed E-state index contributed by atoms with van der Waals surface area (Å²) in [6, 6.07) is 3.81. The van der Waals surface area contributed by atoms with Gasteiger partial charge in [0.25, 0.3) is 5.17 Å². The second-order valence-electron chi connectivity index (χ2n) is 6.28. The molecule has 7 nitrogen and oxygen atoms in total. The molecule has 0 aromatic carbocycles. The van der Waals surface area contributed by atoms with Crippen LogP contribution in [0.2, 0.25) is 0 Å². The van der Waals surface area contributed by atoms with Crippen LogP contribution in [0.1, 0.15) is 37.7 Å². The molecule has 1 aromatic heterocycles. The minimum Gasteiger partial charge on any atom is -0.464 e. The predicted octanol–water partition coefficient (Wildman–Crippen LogP) is 1.64. The van der Waals surface area contributed by atoms with E-state index in [9.17, 15) is 4.79 Å². The van der Waals surface area contributed by atoms with Gasteiger partial charge in [-0.1, -0.05) is 6.07 Å². The van der Waals surface area contributed by atoms with Gasteiger partial charge in [0.1, 0.15) is 12.2 Å². The van der Waals surface area contributed by atoms with Crippen molar-refractivity contribution in [2.24, 2.45) is 5.84 Å². The van der Waals surface area contributed by atoms with Gasteiger partial charge < -0.3 is 14.4 Å². The number of pyridine rings is 1. The molecule has 2 rings (SSSR count). The minimum atomic E-state index is -0.494. The van der Waals surface area contributed by atoms with Crippen molar-refractivity contribution in [2.45, 2.75) is 45.9 Å². The quantitative estimate of drug-likeness (QED) is 0.481. The zero-order valence-corrected chi connectivity index (χ0v) is 14.4. The van der Waals surface area contributed by atoms with Crippen LogP contribution in [0.4, 0.5) is 4.79 Å². The van der Waals surface area contributed by atoms with E-state index >= 15 is 0 Å². The average Bonchev–Trinajstić information content (AvgIpc) is 2.50. The molecule has 0 atom stereocenters. The molecule has 0 radical (unpaired) electrons. The van der Waals surface area contributed by atoms with Gasteiger partial charge >= 0.3 is 6.09 Å². The summed E-state index contributed by atoms with van der Waals surface area (Å²) in [5, 5.41) is 0.126. The van der Waals surface area contributed by atoms with E-state index in [1.165, 1.54) is 0 Å². The molecule has 0 saturated heterocycles. The molecule has 0 unspecified atom stereocenters. The third-order valence-electron chi connectivity index (χ3n) is 3.23. The lowest BCUT2D eigenvalue weighted by Gasteiger charge is -2.30. The normalized spacial score (nSPS) is 14.0. The van der Waals surface area contributed by atoms with Crippen LogP contribution in [0.3, 0.4) is 0 Å². The molecular weight excluding hydrogens is 316 g/mol. The minimum absolute atomic E-state index is 0.126. The Kier molecular flexibility index (Phi) is 5.38. The van der Waals surface area contributed by atoms with Crippen LogP contribution in [-0.2, 0) is 29.0 Å². The molecule has 0 bridgehead atoms. The number of carbonyl (C=O) groups excluding carboxylic acids is 1. The fourth-order valence-electron chi connectivity index (χ4n) is 2.21. The molecule has 0 spiro atoms. The lowest BCUT2D eigenvalue weighted by atomic mass is 10.1. The standard InChI is InChI=1S/C15H22N4O3S/c1-15(2,3)22-14(20)19-7-6-12-10(8-19)4-5-11(17-12)9-21-13(23)18-16/h4-5H,6-9,16H2,1-3H3,(H,18,23). The highest BCUT2D eigenvalue weighted by Gasteiger charge is 2.26. The van der Waals surface area contributed by atoms with E-state index < -0.39 is 5.60 Å². The maximum Gasteiger partial charge on any atom is 0.410 e. The van der Waals surface area contributed by atoms with E-state index in [1.54, 1.807) is 4.90 Å². The molecule has 1 aliphatic heterocycles. The highest BCUT2D eigenvalue weighted by atomic mass is 32.1. The maximum absolute atomic E-state index is 12.1. The van der Waals surface area contributed by atoms with E-state index in [4.69, 9.17) is 27.5 Å². The monoisotopic (exact) mass is 338 g/mol. The number of fused-ring (bicyclic) bond motifs is 1. The molecule has 0 saturated carbocycles. The van der Waals surface area contributed by atoms with Gasteiger partial charge in [-0.25, -0.2) is 10.6 Å². The van der Waals surface area contributed by atoms with E-state index in [-0.39, 0.29) is 17.9 Å². The third-order valence-corrected chi connectivity index (χ3v) is 3.46. The topological polar surface area (TPSA) is 89.7 Å². The van der Waals surface area contributed by atoms with Crippen LogP contribution in [0.5, 0.6) is 0 Å². The number of nitrogens with two attached hydrogens (primary N) is 1. The molecular formula is C15H22N4O3S. The molecule has 8 heteroatoms. The van der Waals surface area contributed by atoms with E-state index in [0.717, 1.165) is 17.0 Å². The Labute approximate surface area is 141 Å². The Morgan fingerprint density at radius 1 is 1.48 bits per heavy atom. The molecule has 0 aliphatic carbocycles. The van der Waals surface area contributed by atoms with Gasteiger partial charge in [-0.2, -0.15) is 0 Å². The number of hydrazine groups is 1. The summed E-state index contributed by atoms with van der Waals surface area (Å²) in [5.74, 6) is 5.15. The smallest absolute Gasteiger partial charge is 0.410 e. The molecule has 1 amide bonds. The summed E-state index contributed by atoms with van der Waals surface area (Å²) < 4.78 is 10.6. The summed E-state index contributed by atoms with van der Waals surface area (Å²) in [6.07, 6.45) is 0.386. The summed E-state index contributed by atoms with van der Waals surface area (Å²) in [5.41, 5.74) is 4.52. The molecule has 126 valence electrons. The van der Waals surface area contributed by atoms with E-state index in [0.29, 0.717) is 19.5 Å². The van der Waals surface area contributed by atoms with Gasteiger partial charge in [0.2, 0.25) is 0 Å². The number of hydrogen-bond acceptors (Lipinski definition) is 6. The summed E-state index contributed by atoms with van der Waals surface area (Å²) in [6.45, 7) is 6.92. The molecule has 23 heavy (non-hydrogen) atoms. The van der Waals surface area contributed by atoms with Gasteiger partial charge in [0, 0.05) is 18.7 Å². The fraction of sp³-hybridized carbons (Fsp3) is 0.533. The molecule has 1 aromatic rings. The Hall–Kier alpha value is -1.93. The predicted molar refractivity (Wildman–Crippen MR) is 89.3 cm³/mol. The molecule has 0 fully saturated rings. The fourth-order valence-corrected chi connectivity index (χ4v) is 2.26. The van der Waals surface area contributed by atoms with Crippen LogP contribution in [0, 0.1) is 0 Å². The van der Waals surface area contributed by atoms with Crippen molar-refractivity contribution in [1.82, 2.24) is 15.3 Å². The number of rotatable bonds is 2. The van der Waals surface area contributed by atoms with Crippen LogP contribution in [-0.4, -0.2) is 33.3 Å². The second kappa shape index (κ2) is 7.10. The first-order chi connectivity index (χ1) is 10.8. The van der Waals surface area contributed by atoms with Gasteiger partial charge in [0.05, 0.1) is 12.2 Å². The Morgan fingerprint density at radius 3 is 2.87 bits per heavy atom. The SMILES string of the molecule is CC(C)(C)OC(=O)N1CCc2nc(COC(=S)NN)ccc2C1. The van der Waals surface area contributed by atoms with Gasteiger partial charge in [0.15, 0.2) is 0 Å². The van der Waals surface area contributed by atoms with Crippen LogP contribution in [0.25, 0.3) is 0 Å². The van der Waals surface area contributed by atoms with Crippen LogP contribution in [0.15, 0.2) is 12.1 Å². The Morgan fingerprint density at radius 2 is 2.22 bits per heavy atom. The highest BCUT2D eigenvalue weighted by molar-refractivity contribution is 7.80. The number of ether oxygens (including phenoxy) is 2. The zero-order valence-electron chi connectivity index (χ0n) is 13.6. The van der Waals surface area contributed by atoms with Crippen LogP contribution >= 0.6 is 12.2 Å². The van der Waals surface area contributed by atoms with E-state index in [1.807, 2.05) is 32.9 Å². The van der Waals surface area contributed by atoms with Crippen molar-refractivity contribution in [2.75, 3.05) is 6.54 Å². The lowest BCUT2D eigenvalue weighted by Crippen LogP contribution is -2.40. The highest BCUT2D eigenvalue weighted by Crippen LogP contribution is 2.20. The summed E-state index contributed by atoms with van der Waals surface area (Å²) in [7, 11) is 0. The third kappa shape index (κ3) is 5.04. The number of carbonyl (C=O) groups is 1. The first-order valence-corrected chi connectivity index (χ1v) is 7.78. The van der Waals surface area contributed by atoms with Crippen LogP contribution < -0.4 is 11.3 Å². The zero-order chi connectivity index (χ0) is 17.0. The Bertz CT molecular complexity index is 601. The first-order valence-electron chi connectivity index (χ1n) is 7.37. The van der Waals surface area contributed by atoms with Gasteiger partial charge in [-0.3, -0.25) is 10.4 Å². The van der Waals surface area contributed by atoms with Crippen molar-refractivity contribution >= 4 is 23.5 Å². The molecule has 1 aliphatic rings.